The zero-order valence-electron chi connectivity index (χ0n) is 14.8. The second kappa shape index (κ2) is 7.00. The maximum atomic E-state index is 13.0. The highest BCUT2D eigenvalue weighted by atomic mass is 16.3. The molecule has 0 aromatic heterocycles. The summed E-state index contributed by atoms with van der Waals surface area (Å²) < 4.78 is 0. The molecule has 4 rings (SSSR count). The van der Waals surface area contributed by atoms with Crippen LogP contribution in [0.3, 0.4) is 0 Å². The number of benzene rings is 4. The minimum absolute atomic E-state index is 0.163. The summed E-state index contributed by atoms with van der Waals surface area (Å²) in [5, 5.41) is 21.3. The lowest BCUT2D eigenvalue weighted by Gasteiger charge is -2.13. The van der Waals surface area contributed by atoms with Crippen LogP contribution in [-0.2, 0) is 0 Å². The molecular formula is C24H16O4. The van der Waals surface area contributed by atoms with E-state index >= 15 is 0 Å². The van der Waals surface area contributed by atoms with Crippen molar-refractivity contribution in [2.45, 2.75) is 0 Å². The molecule has 2 N–H and O–H groups in total. The van der Waals surface area contributed by atoms with E-state index in [1.807, 2.05) is 0 Å². The molecule has 4 aromatic rings. The lowest BCUT2D eigenvalue weighted by Crippen LogP contribution is -2.06. The molecule has 4 heteroatoms. The van der Waals surface area contributed by atoms with Gasteiger partial charge >= 0.3 is 0 Å². The average molecular weight is 368 g/mol. The van der Waals surface area contributed by atoms with Crippen molar-refractivity contribution in [2.24, 2.45) is 0 Å². The van der Waals surface area contributed by atoms with Crippen LogP contribution >= 0.6 is 0 Å². The predicted molar refractivity (Wildman–Crippen MR) is 107 cm³/mol. The predicted octanol–water partition coefficient (Wildman–Crippen LogP) is 4.71. The van der Waals surface area contributed by atoms with Crippen molar-refractivity contribution >= 4 is 22.3 Å². The zero-order valence-corrected chi connectivity index (χ0v) is 14.8. The van der Waals surface area contributed by atoms with E-state index in [-0.39, 0.29) is 45.0 Å². The summed E-state index contributed by atoms with van der Waals surface area (Å²) in [6.45, 7) is 0. The Morgan fingerprint density at radius 1 is 0.500 bits per heavy atom. The number of carbonyl (C=O) groups is 2. The first-order valence-electron chi connectivity index (χ1n) is 8.75. The monoisotopic (exact) mass is 368 g/mol. The maximum absolute atomic E-state index is 13.0. The van der Waals surface area contributed by atoms with E-state index in [9.17, 15) is 19.8 Å². The molecule has 0 atom stereocenters. The molecule has 0 fully saturated rings. The summed E-state index contributed by atoms with van der Waals surface area (Å²) in [6, 6.07) is 23.0. The van der Waals surface area contributed by atoms with Gasteiger partial charge in [-0.25, -0.2) is 0 Å². The van der Waals surface area contributed by atoms with E-state index in [0.717, 1.165) is 0 Å². The van der Waals surface area contributed by atoms with Crippen LogP contribution in [-0.4, -0.2) is 21.8 Å². The van der Waals surface area contributed by atoms with Crippen LogP contribution < -0.4 is 0 Å². The minimum atomic E-state index is -0.301. The number of hydrogen-bond acceptors (Lipinski definition) is 4. The van der Waals surface area contributed by atoms with Gasteiger partial charge in [0, 0.05) is 33.0 Å². The molecule has 0 unspecified atom stereocenters. The molecule has 0 radical (unpaired) electrons. The molecule has 0 saturated heterocycles. The van der Waals surface area contributed by atoms with Crippen LogP contribution in [0.15, 0.2) is 84.9 Å². The Morgan fingerprint density at radius 3 is 1.21 bits per heavy atom. The van der Waals surface area contributed by atoms with Crippen molar-refractivity contribution in [1.29, 1.82) is 0 Å². The number of phenols is 2. The smallest absolute Gasteiger partial charge is 0.193 e. The lowest BCUT2D eigenvalue weighted by molar-refractivity contribution is 0.103. The zero-order chi connectivity index (χ0) is 19.7. The molecule has 0 aliphatic rings. The van der Waals surface area contributed by atoms with Crippen molar-refractivity contribution in [3.8, 4) is 11.5 Å². The Hall–Kier alpha value is -3.92. The highest BCUT2D eigenvalue weighted by Gasteiger charge is 2.22. The van der Waals surface area contributed by atoms with Crippen molar-refractivity contribution < 1.29 is 19.8 Å². The Balaban J connectivity index is 1.97. The van der Waals surface area contributed by atoms with Gasteiger partial charge in [-0.15, -0.1) is 0 Å². The third-order valence-electron chi connectivity index (χ3n) is 4.68. The summed E-state index contributed by atoms with van der Waals surface area (Å²) in [5.74, 6) is -0.944. The second-order valence-corrected chi connectivity index (χ2v) is 6.40. The topological polar surface area (TPSA) is 74.6 Å². The highest BCUT2D eigenvalue weighted by Crippen LogP contribution is 2.38. The number of ketones is 2. The van der Waals surface area contributed by atoms with E-state index in [0.29, 0.717) is 11.1 Å². The molecule has 0 heterocycles. The number of aromatic hydroxyl groups is 2. The second-order valence-electron chi connectivity index (χ2n) is 6.40. The van der Waals surface area contributed by atoms with Crippen LogP contribution in [0.2, 0.25) is 0 Å². The standard InChI is InChI=1S/C24H16O4/c25-19-14-12-18(24(28)16-9-5-2-6-10-16)22-20(26)13-11-17(21(19)22)23(27)15-7-3-1-4-8-15/h1-14,25-26H. The van der Waals surface area contributed by atoms with E-state index in [4.69, 9.17) is 0 Å². The van der Waals surface area contributed by atoms with Gasteiger partial charge in [-0.1, -0.05) is 60.7 Å². The largest absolute Gasteiger partial charge is 0.507 e. The van der Waals surface area contributed by atoms with Crippen molar-refractivity contribution in [3.05, 3.63) is 107 Å². The van der Waals surface area contributed by atoms with E-state index < -0.39 is 0 Å². The Labute approximate surface area is 161 Å². The summed E-state index contributed by atoms with van der Waals surface area (Å²) in [5.41, 5.74) is 1.35. The molecule has 0 spiro atoms. The number of fused-ring (bicyclic) bond motifs is 1. The molecular weight excluding hydrogens is 352 g/mol. The first-order valence-corrected chi connectivity index (χ1v) is 8.75. The Morgan fingerprint density at radius 2 is 0.857 bits per heavy atom. The highest BCUT2D eigenvalue weighted by molar-refractivity contribution is 6.24. The van der Waals surface area contributed by atoms with Gasteiger partial charge in [0.2, 0.25) is 0 Å². The quantitative estimate of drug-likeness (QED) is 0.512. The normalized spacial score (nSPS) is 10.7. The first kappa shape index (κ1) is 17.5. The van der Waals surface area contributed by atoms with E-state index in [1.165, 1.54) is 24.3 Å². The van der Waals surface area contributed by atoms with Crippen LogP contribution in [0.1, 0.15) is 31.8 Å². The number of phenolic OH excluding ortho intramolecular Hbond substituents is 2. The van der Waals surface area contributed by atoms with Crippen LogP contribution in [0.4, 0.5) is 0 Å². The molecule has 0 aliphatic heterocycles. The summed E-state index contributed by atoms with van der Waals surface area (Å²) in [7, 11) is 0. The SMILES string of the molecule is O=C(c1ccccc1)c1ccc(O)c2c(C(=O)c3ccccc3)ccc(O)c12. The van der Waals surface area contributed by atoms with Gasteiger partial charge in [-0.3, -0.25) is 9.59 Å². The molecule has 0 amide bonds. The summed E-state index contributed by atoms with van der Waals surface area (Å²) in [6.07, 6.45) is 0. The number of hydrogen-bond donors (Lipinski definition) is 2. The average Bonchev–Trinajstić information content (AvgIpc) is 2.75. The fraction of sp³-hybridized carbons (Fsp3) is 0. The van der Waals surface area contributed by atoms with Crippen molar-refractivity contribution in [1.82, 2.24) is 0 Å². The van der Waals surface area contributed by atoms with E-state index in [1.54, 1.807) is 60.7 Å². The molecule has 0 aliphatic carbocycles. The van der Waals surface area contributed by atoms with Gasteiger partial charge in [-0.05, 0) is 24.3 Å². The first-order chi connectivity index (χ1) is 13.6. The van der Waals surface area contributed by atoms with Gasteiger partial charge in [0.25, 0.3) is 0 Å². The summed E-state index contributed by atoms with van der Waals surface area (Å²) in [4.78, 5) is 26.0. The third kappa shape index (κ3) is 2.91. The Kier molecular flexibility index (Phi) is 4.38. The lowest BCUT2D eigenvalue weighted by atomic mass is 9.91. The van der Waals surface area contributed by atoms with E-state index in [2.05, 4.69) is 0 Å². The number of carbonyl (C=O) groups excluding carboxylic acids is 2. The van der Waals surface area contributed by atoms with Gasteiger partial charge in [0.05, 0.1) is 0 Å². The van der Waals surface area contributed by atoms with Gasteiger partial charge in [-0.2, -0.15) is 0 Å². The molecule has 0 bridgehead atoms. The van der Waals surface area contributed by atoms with Crippen LogP contribution in [0, 0.1) is 0 Å². The fourth-order valence-electron chi connectivity index (χ4n) is 3.33. The molecule has 4 nitrogen and oxygen atoms in total. The molecule has 4 aromatic carbocycles. The Bertz CT molecular complexity index is 1100. The summed E-state index contributed by atoms with van der Waals surface area (Å²) >= 11 is 0. The third-order valence-corrected chi connectivity index (χ3v) is 4.68. The molecule has 136 valence electrons. The van der Waals surface area contributed by atoms with Crippen molar-refractivity contribution in [3.63, 3.8) is 0 Å². The molecule has 28 heavy (non-hydrogen) atoms. The maximum Gasteiger partial charge on any atom is 0.193 e. The van der Waals surface area contributed by atoms with Gasteiger partial charge in [0.1, 0.15) is 11.5 Å². The van der Waals surface area contributed by atoms with Crippen LogP contribution in [0.25, 0.3) is 10.8 Å². The minimum Gasteiger partial charge on any atom is -0.507 e. The fourth-order valence-corrected chi connectivity index (χ4v) is 3.33. The molecule has 0 saturated carbocycles. The van der Waals surface area contributed by atoms with Gasteiger partial charge in [0.15, 0.2) is 11.6 Å². The van der Waals surface area contributed by atoms with Crippen molar-refractivity contribution in [2.75, 3.05) is 0 Å². The van der Waals surface area contributed by atoms with Gasteiger partial charge < -0.3 is 10.2 Å². The number of rotatable bonds is 4. The van der Waals surface area contributed by atoms with Crippen LogP contribution in [0.5, 0.6) is 11.5 Å².